The molecule has 1 amide bonds. The van der Waals surface area contributed by atoms with Gasteiger partial charge in [0.15, 0.2) is 0 Å². The minimum Gasteiger partial charge on any atom is -0.349 e. The third-order valence-electron chi connectivity index (χ3n) is 4.75. The zero-order valence-corrected chi connectivity index (χ0v) is 16.3. The first-order valence-corrected chi connectivity index (χ1v) is 9.20. The fraction of sp³-hybridized carbons (Fsp3) is 0.524. The van der Waals surface area contributed by atoms with Crippen LogP contribution in [0.3, 0.4) is 0 Å². The van der Waals surface area contributed by atoms with E-state index in [9.17, 15) is 4.79 Å². The van der Waals surface area contributed by atoms with E-state index in [0.29, 0.717) is 0 Å². The normalized spacial score (nSPS) is 18.9. The average Bonchev–Trinajstić information content (AvgIpc) is 2.53. The van der Waals surface area contributed by atoms with E-state index in [4.69, 9.17) is 4.98 Å². The van der Waals surface area contributed by atoms with E-state index in [1.165, 1.54) is 0 Å². The van der Waals surface area contributed by atoms with E-state index >= 15 is 0 Å². The molecule has 2 heterocycles. The molecule has 1 atom stereocenters. The van der Waals surface area contributed by atoms with Gasteiger partial charge in [-0.1, -0.05) is 40.7 Å². The number of carbonyl (C=O) groups excluding carboxylic acids is 1. The summed E-state index contributed by atoms with van der Waals surface area (Å²) in [6.45, 7) is 10.8. The molecule has 3 rings (SSSR count). The van der Waals surface area contributed by atoms with Crippen LogP contribution < -0.4 is 5.32 Å². The first-order valence-electron chi connectivity index (χ1n) is 9.20. The maximum atomic E-state index is 12.5. The molecule has 5 nitrogen and oxygen atoms in total. The van der Waals surface area contributed by atoms with Crippen molar-refractivity contribution in [2.45, 2.75) is 65.3 Å². The molecule has 2 aromatic heterocycles. The van der Waals surface area contributed by atoms with Crippen LogP contribution in [0.15, 0.2) is 30.6 Å². The zero-order valence-electron chi connectivity index (χ0n) is 16.3. The summed E-state index contributed by atoms with van der Waals surface area (Å²) in [7, 11) is 0. The van der Waals surface area contributed by atoms with E-state index in [1.807, 2.05) is 24.4 Å². The Labute approximate surface area is 155 Å². The van der Waals surface area contributed by atoms with Crippen molar-refractivity contribution in [1.29, 1.82) is 0 Å². The number of hydrogen-bond acceptors (Lipinski definition) is 4. The number of amides is 1. The number of nitrogens with zero attached hydrogens (tertiary/aromatic N) is 3. The number of fused-ring (bicyclic) bond motifs is 1. The van der Waals surface area contributed by atoms with Crippen molar-refractivity contribution in [3.63, 3.8) is 0 Å². The van der Waals surface area contributed by atoms with Crippen molar-refractivity contribution in [3.8, 4) is 0 Å². The van der Waals surface area contributed by atoms with Gasteiger partial charge in [-0.3, -0.25) is 9.78 Å². The molecule has 0 spiro atoms. The molecule has 138 valence electrons. The van der Waals surface area contributed by atoms with Crippen molar-refractivity contribution in [2.24, 2.45) is 5.41 Å². The number of rotatable bonds is 3. The van der Waals surface area contributed by atoms with Gasteiger partial charge in [0.2, 0.25) is 5.91 Å². The highest BCUT2D eigenvalue weighted by Crippen LogP contribution is 2.40. The smallest absolute Gasteiger partial charge is 0.226 e. The van der Waals surface area contributed by atoms with Gasteiger partial charge in [-0.05, 0) is 30.4 Å². The number of carbonyl (C=O) groups is 1. The molecule has 5 heteroatoms. The topological polar surface area (TPSA) is 67.8 Å². The average molecular weight is 352 g/mol. The highest BCUT2D eigenvalue weighted by molar-refractivity contribution is 5.78. The molecule has 1 N–H and O–H groups in total. The number of hydrogen-bond donors (Lipinski definition) is 1. The Hall–Kier alpha value is -2.30. The summed E-state index contributed by atoms with van der Waals surface area (Å²) in [5.74, 6) is 0.838. The Morgan fingerprint density at radius 2 is 2.04 bits per heavy atom. The molecule has 0 bridgehead atoms. The Kier molecular flexibility index (Phi) is 4.82. The first-order chi connectivity index (χ1) is 12.1. The summed E-state index contributed by atoms with van der Waals surface area (Å²) in [6.07, 6.45) is 5.69. The zero-order chi connectivity index (χ0) is 18.9. The molecule has 1 aliphatic carbocycles. The largest absolute Gasteiger partial charge is 0.349 e. The summed E-state index contributed by atoms with van der Waals surface area (Å²) in [6, 6.07) is 5.57. The van der Waals surface area contributed by atoms with Crippen molar-refractivity contribution in [1.82, 2.24) is 20.3 Å². The highest BCUT2D eigenvalue weighted by Gasteiger charge is 2.35. The van der Waals surface area contributed by atoms with Gasteiger partial charge in [0.1, 0.15) is 5.82 Å². The minimum atomic E-state index is -0.0889. The van der Waals surface area contributed by atoms with Crippen LogP contribution in [-0.4, -0.2) is 20.9 Å². The number of pyridine rings is 1. The van der Waals surface area contributed by atoms with Gasteiger partial charge in [0.05, 0.1) is 12.5 Å². The standard InChI is InChI=1S/C21H28N4O/c1-20(2,3)19-23-13-15-16(11-21(4,5)12-17(15)25-19)24-18(26)10-14-8-6-7-9-22-14/h6-9,13,16H,10-12H2,1-5H3,(H,24,26). The molecule has 0 aromatic carbocycles. The maximum Gasteiger partial charge on any atom is 0.226 e. The maximum absolute atomic E-state index is 12.5. The van der Waals surface area contributed by atoms with Crippen molar-refractivity contribution in [2.75, 3.05) is 0 Å². The van der Waals surface area contributed by atoms with E-state index in [2.05, 4.69) is 49.9 Å². The summed E-state index contributed by atoms with van der Waals surface area (Å²) >= 11 is 0. The van der Waals surface area contributed by atoms with Gasteiger partial charge in [0, 0.05) is 34.8 Å². The molecular formula is C21H28N4O. The monoisotopic (exact) mass is 352 g/mol. The molecule has 0 aliphatic heterocycles. The number of nitrogens with one attached hydrogen (secondary N) is 1. The first kappa shape index (κ1) is 18.5. The highest BCUT2D eigenvalue weighted by atomic mass is 16.1. The molecule has 0 fully saturated rings. The van der Waals surface area contributed by atoms with Gasteiger partial charge >= 0.3 is 0 Å². The predicted octanol–water partition coefficient (Wildman–Crippen LogP) is 3.54. The second-order valence-electron chi connectivity index (χ2n) is 9.01. The Morgan fingerprint density at radius 1 is 1.27 bits per heavy atom. The van der Waals surface area contributed by atoms with Gasteiger partial charge < -0.3 is 5.32 Å². The second-order valence-corrected chi connectivity index (χ2v) is 9.01. The van der Waals surface area contributed by atoms with Crippen LogP contribution in [0.1, 0.15) is 69.9 Å². The van der Waals surface area contributed by atoms with Crippen LogP contribution in [0.2, 0.25) is 0 Å². The Morgan fingerprint density at radius 3 is 2.69 bits per heavy atom. The van der Waals surface area contributed by atoms with Crippen LogP contribution >= 0.6 is 0 Å². The molecule has 2 aromatic rings. The van der Waals surface area contributed by atoms with Crippen molar-refractivity contribution in [3.05, 3.63) is 53.4 Å². The Balaban J connectivity index is 1.83. The molecular weight excluding hydrogens is 324 g/mol. The van der Waals surface area contributed by atoms with E-state index in [0.717, 1.165) is 35.6 Å². The molecule has 0 saturated heterocycles. The number of aromatic nitrogens is 3. The predicted molar refractivity (Wildman–Crippen MR) is 102 cm³/mol. The summed E-state index contributed by atoms with van der Waals surface area (Å²) < 4.78 is 0. The summed E-state index contributed by atoms with van der Waals surface area (Å²) in [4.78, 5) is 26.2. The summed E-state index contributed by atoms with van der Waals surface area (Å²) in [5, 5.41) is 3.18. The third kappa shape index (κ3) is 4.26. The van der Waals surface area contributed by atoms with Crippen LogP contribution in [-0.2, 0) is 23.1 Å². The molecule has 0 radical (unpaired) electrons. The lowest BCUT2D eigenvalue weighted by molar-refractivity contribution is -0.121. The van der Waals surface area contributed by atoms with Crippen molar-refractivity contribution >= 4 is 5.91 Å². The van der Waals surface area contributed by atoms with Crippen LogP contribution in [0, 0.1) is 5.41 Å². The van der Waals surface area contributed by atoms with Gasteiger partial charge in [-0.25, -0.2) is 9.97 Å². The fourth-order valence-electron chi connectivity index (χ4n) is 3.45. The quantitative estimate of drug-likeness (QED) is 0.917. The molecule has 26 heavy (non-hydrogen) atoms. The van der Waals surface area contributed by atoms with Gasteiger partial charge in [-0.2, -0.15) is 0 Å². The third-order valence-corrected chi connectivity index (χ3v) is 4.75. The second kappa shape index (κ2) is 6.78. The lowest BCUT2D eigenvalue weighted by Gasteiger charge is -2.37. The van der Waals surface area contributed by atoms with Gasteiger partial charge in [0.25, 0.3) is 0 Å². The van der Waals surface area contributed by atoms with E-state index in [1.54, 1.807) is 6.20 Å². The van der Waals surface area contributed by atoms with Gasteiger partial charge in [-0.15, -0.1) is 0 Å². The van der Waals surface area contributed by atoms with E-state index in [-0.39, 0.29) is 29.2 Å². The van der Waals surface area contributed by atoms with Crippen LogP contribution in [0.25, 0.3) is 0 Å². The molecule has 1 unspecified atom stereocenters. The molecule has 1 aliphatic rings. The Bertz CT molecular complexity index is 793. The lowest BCUT2D eigenvalue weighted by Crippen LogP contribution is -2.38. The van der Waals surface area contributed by atoms with Crippen LogP contribution in [0.4, 0.5) is 0 Å². The summed E-state index contributed by atoms with van der Waals surface area (Å²) in [5.41, 5.74) is 2.88. The minimum absolute atomic E-state index is 0.0164. The molecule has 0 saturated carbocycles. The SMILES string of the molecule is CC1(C)Cc2nc(C(C)(C)C)ncc2C(NC(=O)Cc2ccccn2)C1. The van der Waals surface area contributed by atoms with E-state index < -0.39 is 0 Å². The fourth-order valence-corrected chi connectivity index (χ4v) is 3.45. The lowest BCUT2D eigenvalue weighted by atomic mass is 9.74. The van der Waals surface area contributed by atoms with Crippen LogP contribution in [0.5, 0.6) is 0 Å². The van der Waals surface area contributed by atoms with Crippen molar-refractivity contribution < 1.29 is 4.79 Å².